The number of nitrogens with zero attached hydrogens (tertiary/aromatic N) is 2. The zero-order valence-electron chi connectivity index (χ0n) is 15.0. The number of rotatable bonds is 4. The average Bonchev–Trinajstić information content (AvgIpc) is 3.40. The molecule has 27 heavy (non-hydrogen) atoms. The number of thiazole rings is 1. The van der Waals surface area contributed by atoms with E-state index < -0.39 is 0 Å². The van der Waals surface area contributed by atoms with E-state index in [1.165, 1.54) is 24.2 Å². The van der Waals surface area contributed by atoms with Crippen LogP contribution in [0.1, 0.15) is 41.1 Å². The third-order valence-electron chi connectivity index (χ3n) is 4.92. The molecule has 1 fully saturated rings. The van der Waals surface area contributed by atoms with Crippen LogP contribution in [0.15, 0.2) is 17.5 Å². The number of amides is 4. The molecule has 1 saturated carbocycles. The zero-order valence-corrected chi connectivity index (χ0v) is 16.6. The highest BCUT2D eigenvalue weighted by Gasteiger charge is 2.25. The van der Waals surface area contributed by atoms with E-state index in [1.807, 2.05) is 17.5 Å². The molecule has 0 atom stereocenters. The molecule has 2 aromatic heterocycles. The number of hydrogen-bond donors (Lipinski definition) is 3. The lowest BCUT2D eigenvalue weighted by atomic mass is 10.2. The van der Waals surface area contributed by atoms with Crippen molar-refractivity contribution >= 4 is 39.9 Å². The third kappa shape index (κ3) is 4.59. The standard InChI is InChI=1S/C18H23N5O2S2/c24-16(20-12-4-1-2-5-12)22-17-21-14-7-8-23(11-15(14)27-17)18(25)19-10-13-6-3-9-26-13/h3,6,9,12H,1-2,4-5,7-8,10-11H2,(H,19,25)(H2,20,21,22,24). The second-order valence-corrected chi connectivity index (χ2v) is 8.99. The van der Waals surface area contributed by atoms with Crippen molar-refractivity contribution in [1.82, 2.24) is 20.5 Å². The SMILES string of the molecule is O=C(Nc1nc2c(s1)CN(C(=O)NCc1cccs1)CC2)NC1CCCC1. The van der Waals surface area contributed by atoms with Crippen LogP contribution in [0.2, 0.25) is 0 Å². The van der Waals surface area contributed by atoms with Gasteiger partial charge in [-0.05, 0) is 24.3 Å². The van der Waals surface area contributed by atoms with Crippen LogP contribution in [0.3, 0.4) is 0 Å². The maximum absolute atomic E-state index is 12.4. The number of nitrogens with one attached hydrogen (secondary N) is 3. The molecule has 7 nitrogen and oxygen atoms in total. The second-order valence-electron chi connectivity index (χ2n) is 6.88. The quantitative estimate of drug-likeness (QED) is 0.727. The van der Waals surface area contributed by atoms with Crippen LogP contribution >= 0.6 is 22.7 Å². The Morgan fingerprint density at radius 3 is 2.93 bits per heavy atom. The van der Waals surface area contributed by atoms with Gasteiger partial charge in [-0.3, -0.25) is 5.32 Å². The molecule has 0 bridgehead atoms. The largest absolute Gasteiger partial charge is 0.335 e. The fourth-order valence-corrected chi connectivity index (χ4v) is 5.16. The number of carbonyl (C=O) groups excluding carboxylic acids is 2. The minimum atomic E-state index is -0.182. The summed E-state index contributed by atoms with van der Waals surface area (Å²) in [5.41, 5.74) is 0.985. The monoisotopic (exact) mass is 405 g/mol. The van der Waals surface area contributed by atoms with Crippen molar-refractivity contribution in [2.45, 2.75) is 51.2 Å². The van der Waals surface area contributed by atoms with E-state index in [0.29, 0.717) is 31.2 Å². The Morgan fingerprint density at radius 2 is 2.15 bits per heavy atom. The molecule has 1 aliphatic carbocycles. The Balaban J connectivity index is 1.30. The molecule has 2 aliphatic rings. The van der Waals surface area contributed by atoms with Gasteiger partial charge in [0.05, 0.1) is 18.8 Å². The van der Waals surface area contributed by atoms with E-state index in [0.717, 1.165) is 28.3 Å². The molecule has 0 aromatic carbocycles. The summed E-state index contributed by atoms with van der Waals surface area (Å²) in [7, 11) is 0. The Bertz CT molecular complexity index is 799. The first-order valence-electron chi connectivity index (χ1n) is 9.28. The van der Waals surface area contributed by atoms with Crippen molar-refractivity contribution in [3.8, 4) is 0 Å². The van der Waals surface area contributed by atoms with Crippen molar-refractivity contribution in [3.05, 3.63) is 33.0 Å². The zero-order chi connectivity index (χ0) is 18.6. The summed E-state index contributed by atoms with van der Waals surface area (Å²) >= 11 is 3.09. The van der Waals surface area contributed by atoms with Crippen molar-refractivity contribution in [2.75, 3.05) is 11.9 Å². The van der Waals surface area contributed by atoms with Gasteiger partial charge in [-0.15, -0.1) is 11.3 Å². The highest BCUT2D eigenvalue weighted by Crippen LogP contribution is 2.28. The number of fused-ring (bicyclic) bond motifs is 1. The van der Waals surface area contributed by atoms with E-state index in [2.05, 4.69) is 20.9 Å². The first-order chi connectivity index (χ1) is 13.2. The van der Waals surface area contributed by atoms with Gasteiger partial charge in [-0.2, -0.15) is 0 Å². The lowest BCUT2D eigenvalue weighted by molar-refractivity contribution is 0.192. The Morgan fingerprint density at radius 1 is 1.30 bits per heavy atom. The number of urea groups is 2. The van der Waals surface area contributed by atoms with Crippen LogP contribution in [0.4, 0.5) is 14.7 Å². The van der Waals surface area contributed by atoms with E-state index in [-0.39, 0.29) is 18.1 Å². The molecule has 4 amide bonds. The molecule has 0 saturated heterocycles. The van der Waals surface area contributed by atoms with Crippen LogP contribution in [0.25, 0.3) is 0 Å². The van der Waals surface area contributed by atoms with Gasteiger partial charge < -0.3 is 15.5 Å². The Hall–Kier alpha value is -2.13. The molecule has 9 heteroatoms. The molecular formula is C18H23N5O2S2. The number of anilines is 1. The van der Waals surface area contributed by atoms with Crippen molar-refractivity contribution in [1.29, 1.82) is 0 Å². The highest BCUT2D eigenvalue weighted by molar-refractivity contribution is 7.15. The van der Waals surface area contributed by atoms with Crippen LogP contribution in [0.5, 0.6) is 0 Å². The minimum Gasteiger partial charge on any atom is -0.335 e. The predicted octanol–water partition coefficient (Wildman–Crippen LogP) is 3.54. The van der Waals surface area contributed by atoms with Crippen LogP contribution < -0.4 is 16.0 Å². The van der Waals surface area contributed by atoms with Crippen molar-refractivity contribution in [2.24, 2.45) is 0 Å². The molecule has 3 N–H and O–H groups in total. The minimum absolute atomic E-state index is 0.0593. The van der Waals surface area contributed by atoms with Crippen LogP contribution in [0, 0.1) is 0 Å². The van der Waals surface area contributed by atoms with Gasteiger partial charge in [0, 0.05) is 28.8 Å². The Labute approximate surface area is 166 Å². The van der Waals surface area contributed by atoms with E-state index in [9.17, 15) is 9.59 Å². The molecule has 0 spiro atoms. The lowest BCUT2D eigenvalue weighted by Gasteiger charge is -2.26. The van der Waals surface area contributed by atoms with Gasteiger partial charge >= 0.3 is 12.1 Å². The second kappa shape index (κ2) is 8.26. The van der Waals surface area contributed by atoms with E-state index in [1.54, 1.807) is 16.2 Å². The van der Waals surface area contributed by atoms with Gasteiger partial charge in [-0.1, -0.05) is 30.2 Å². The van der Waals surface area contributed by atoms with Crippen LogP contribution in [-0.4, -0.2) is 34.5 Å². The summed E-state index contributed by atoms with van der Waals surface area (Å²) in [4.78, 5) is 33.0. The fraction of sp³-hybridized carbons (Fsp3) is 0.500. The molecule has 2 aromatic rings. The first kappa shape index (κ1) is 18.2. The first-order valence-corrected chi connectivity index (χ1v) is 11.0. The van der Waals surface area contributed by atoms with Crippen molar-refractivity contribution < 1.29 is 9.59 Å². The molecule has 3 heterocycles. The number of hydrogen-bond acceptors (Lipinski definition) is 5. The van der Waals surface area contributed by atoms with Gasteiger partial charge in [0.1, 0.15) is 0 Å². The smallest absolute Gasteiger partial charge is 0.321 e. The van der Waals surface area contributed by atoms with Gasteiger partial charge in [0.15, 0.2) is 5.13 Å². The average molecular weight is 406 g/mol. The summed E-state index contributed by atoms with van der Waals surface area (Å²) < 4.78 is 0. The topological polar surface area (TPSA) is 86.4 Å². The number of carbonyl (C=O) groups is 2. The fourth-order valence-electron chi connectivity index (χ4n) is 3.50. The number of aromatic nitrogens is 1. The summed E-state index contributed by atoms with van der Waals surface area (Å²) in [6.07, 6.45) is 5.18. The normalized spacial score (nSPS) is 16.8. The molecule has 0 unspecified atom stereocenters. The molecule has 4 rings (SSSR count). The third-order valence-corrected chi connectivity index (χ3v) is 6.80. The predicted molar refractivity (Wildman–Crippen MR) is 107 cm³/mol. The molecule has 0 radical (unpaired) electrons. The van der Waals surface area contributed by atoms with Gasteiger partial charge in [0.2, 0.25) is 0 Å². The summed E-state index contributed by atoms with van der Waals surface area (Å²) in [5, 5.41) is 11.4. The van der Waals surface area contributed by atoms with Crippen molar-refractivity contribution in [3.63, 3.8) is 0 Å². The summed E-state index contributed by atoms with van der Waals surface area (Å²) in [6, 6.07) is 4.03. The molecular weight excluding hydrogens is 382 g/mol. The van der Waals surface area contributed by atoms with Gasteiger partial charge in [-0.25, -0.2) is 14.6 Å². The summed E-state index contributed by atoms with van der Waals surface area (Å²) in [5.74, 6) is 0. The Kier molecular flexibility index (Phi) is 5.58. The maximum Gasteiger partial charge on any atom is 0.321 e. The van der Waals surface area contributed by atoms with Crippen LogP contribution in [-0.2, 0) is 19.5 Å². The number of thiophene rings is 1. The van der Waals surface area contributed by atoms with E-state index in [4.69, 9.17) is 0 Å². The maximum atomic E-state index is 12.4. The molecule has 1 aliphatic heterocycles. The summed E-state index contributed by atoms with van der Waals surface area (Å²) in [6.45, 7) is 1.73. The lowest BCUT2D eigenvalue weighted by Crippen LogP contribution is -2.42. The highest BCUT2D eigenvalue weighted by atomic mass is 32.1. The van der Waals surface area contributed by atoms with Gasteiger partial charge in [0.25, 0.3) is 0 Å². The van der Waals surface area contributed by atoms with E-state index >= 15 is 0 Å². The molecule has 144 valence electrons.